The van der Waals surface area contributed by atoms with Crippen molar-refractivity contribution in [3.05, 3.63) is 98.9 Å². The summed E-state index contributed by atoms with van der Waals surface area (Å²) in [5.41, 5.74) is 2.56. The van der Waals surface area contributed by atoms with Crippen LogP contribution in [-0.2, 0) is 22.6 Å². The van der Waals surface area contributed by atoms with Crippen LogP contribution in [0.5, 0.6) is 0 Å². The fourth-order valence-electron chi connectivity index (χ4n) is 3.46. The van der Waals surface area contributed by atoms with E-state index in [9.17, 15) is 14.9 Å². The summed E-state index contributed by atoms with van der Waals surface area (Å²) in [4.78, 5) is 27.9. The Bertz CT molecular complexity index is 1250. The Kier molecular flexibility index (Phi) is 7.02. The lowest BCUT2D eigenvalue weighted by molar-refractivity contribution is -0.117. The van der Waals surface area contributed by atoms with E-state index in [0.717, 1.165) is 15.6 Å². The van der Waals surface area contributed by atoms with Gasteiger partial charge in [0.05, 0.1) is 18.1 Å². The molecule has 2 heterocycles. The third-order valence-electron chi connectivity index (χ3n) is 5.11. The highest BCUT2D eigenvalue weighted by molar-refractivity contribution is 9.10. The molecule has 1 unspecified atom stereocenters. The first-order valence-corrected chi connectivity index (χ1v) is 11.9. The number of furan rings is 1. The molecule has 1 saturated heterocycles. The minimum atomic E-state index is -0.551. The predicted molar refractivity (Wildman–Crippen MR) is 131 cm³/mol. The molecule has 0 bridgehead atoms. The number of nitriles is 1. The van der Waals surface area contributed by atoms with Gasteiger partial charge in [0.1, 0.15) is 22.4 Å². The van der Waals surface area contributed by atoms with E-state index in [2.05, 4.69) is 21.2 Å². The number of rotatable bonds is 6. The summed E-state index contributed by atoms with van der Waals surface area (Å²) >= 11 is 4.71. The van der Waals surface area contributed by atoms with E-state index >= 15 is 0 Å². The van der Waals surface area contributed by atoms with Crippen LogP contribution in [0, 0.1) is 18.3 Å². The van der Waals surface area contributed by atoms with Gasteiger partial charge in [0.25, 0.3) is 5.91 Å². The van der Waals surface area contributed by atoms with Gasteiger partial charge in [-0.2, -0.15) is 5.26 Å². The summed E-state index contributed by atoms with van der Waals surface area (Å²) in [7, 11) is 0. The number of carbonyl (C=O) groups excluding carboxylic acids is 2. The minimum absolute atomic E-state index is 0.0998. The van der Waals surface area contributed by atoms with Gasteiger partial charge in [-0.25, -0.2) is 0 Å². The number of carbonyl (C=O) groups is 2. The molecule has 2 amide bonds. The zero-order valence-corrected chi connectivity index (χ0v) is 20.2. The van der Waals surface area contributed by atoms with Gasteiger partial charge in [-0.3, -0.25) is 14.5 Å². The number of hydrogen-bond donors (Lipinski definition) is 1. The maximum Gasteiger partial charge on any atom is 0.265 e. The molecule has 33 heavy (non-hydrogen) atoms. The van der Waals surface area contributed by atoms with E-state index < -0.39 is 11.2 Å². The number of nitrogens with zero attached hydrogens (tertiary/aromatic N) is 2. The van der Waals surface area contributed by atoms with E-state index in [0.29, 0.717) is 22.9 Å². The van der Waals surface area contributed by atoms with Crippen molar-refractivity contribution >= 4 is 45.2 Å². The van der Waals surface area contributed by atoms with Gasteiger partial charge in [-0.15, -0.1) is 0 Å². The second-order valence-corrected chi connectivity index (χ2v) is 9.61. The largest absolute Gasteiger partial charge is 0.467 e. The third-order valence-corrected chi connectivity index (χ3v) is 6.87. The second-order valence-electron chi connectivity index (χ2n) is 7.50. The smallest absolute Gasteiger partial charge is 0.265 e. The molecule has 1 atom stereocenters. The fourth-order valence-corrected chi connectivity index (χ4v) is 5.22. The van der Waals surface area contributed by atoms with Crippen molar-refractivity contribution in [1.29, 1.82) is 5.26 Å². The van der Waals surface area contributed by atoms with Gasteiger partial charge in [0.15, 0.2) is 0 Å². The molecule has 4 rings (SSSR count). The van der Waals surface area contributed by atoms with Crippen molar-refractivity contribution in [1.82, 2.24) is 5.32 Å². The zero-order valence-electron chi connectivity index (χ0n) is 17.7. The van der Waals surface area contributed by atoms with Crippen molar-refractivity contribution in [2.45, 2.75) is 25.1 Å². The van der Waals surface area contributed by atoms with Crippen LogP contribution >= 0.6 is 27.7 Å². The first-order valence-electron chi connectivity index (χ1n) is 10.2. The molecular formula is C25H20BrN3O3S. The van der Waals surface area contributed by atoms with E-state index in [4.69, 9.17) is 4.42 Å². The van der Waals surface area contributed by atoms with Gasteiger partial charge < -0.3 is 9.73 Å². The highest BCUT2D eigenvalue weighted by Crippen LogP contribution is 2.42. The Labute approximate surface area is 204 Å². The van der Waals surface area contributed by atoms with Crippen LogP contribution in [0.4, 0.5) is 5.69 Å². The maximum absolute atomic E-state index is 13.5. The normalized spacial score (nSPS) is 17.1. The number of hydrogen-bond acceptors (Lipinski definition) is 5. The molecule has 6 nitrogen and oxygen atoms in total. The third kappa shape index (κ3) is 5.21. The Hall–Kier alpha value is -3.28. The Morgan fingerprint density at radius 3 is 2.67 bits per heavy atom. The van der Waals surface area contributed by atoms with Crippen LogP contribution in [0.25, 0.3) is 0 Å². The first-order chi connectivity index (χ1) is 16.0. The molecule has 0 saturated carbocycles. The van der Waals surface area contributed by atoms with Crippen LogP contribution in [-0.4, -0.2) is 17.1 Å². The van der Waals surface area contributed by atoms with Crippen molar-refractivity contribution < 1.29 is 14.0 Å². The molecule has 0 aliphatic carbocycles. The molecule has 0 radical (unpaired) electrons. The van der Waals surface area contributed by atoms with Crippen LogP contribution < -0.4 is 10.2 Å². The lowest BCUT2D eigenvalue weighted by Gasteiger charge is -2.19. The van der Waals surface area contributed by atoms with Crippen LogP contribution in [0.3, 0.4) is 0 Å². The van der Waals surface area contributed by atoms with Gasteiger partial charge in [0.2, 0.25) is 5.91 Å². The van der Waals surface area contributed by atoms with E-state index in [-0.39, 0.29) is 18.0 Å². The summed E-state index contributed by atoms with van der Waals surface area (Å²) in [5.74, 6) is -0.140. The van der Waals surface area contributed by atoms with Gasteiger partial charge in [-0.1, -0.05) is 57.5 Å². The minimum Gasteiger partial charge on any atom is -0.467 e. The Morgan fingerprint density at radius 1 is 1.21 bits per heavy atom. The average molecular weight is 522 g/mol. The average Bonchev–Trinajstić information content (AvgIpc) is 3.42. The van der Waals surface area contributed by atoms with E-state index in [1.807, 2.05) is 61.5 Å². The lowest BCUT2D eigenvalue weighted by Crippen LogP contribution is -2.32. The molecule has 1 aliphatic heterocycles. The summed E-state index contributed by atoms with van der Waals surface area (Å²) < 4.78 is 6.17. The molecule has 166 valence electrons. The molecular weight excluding hydrogens is 502 g/mol. The zero-order chi connectivity index (χ0) is 23.4. The quantitative estimate of drug-likeness (QED) is 0.360. The predicted octanol–water partition coefficient (Wildman–Crippen LogP) is 5.09. The molecule has 3 aromatic rings. The summed E-state index contributed by atoms with van der Waals surface area (Å²) in [6.45, 7) is 2.11. The summed E-state index contributed by atoms with van der Waals surface area (Å²) in [5, 5.41) is 12.5. The molecule has 1 N–H and O–H groups in total. The molecule has 1 fully saturated rings. The van der Waals surface area contributed by atoms with E-state index in [1.165, 1.54) is 22.9 Å². The van der Waals surface area contributed by atoms with E-state index in [1.54, 1.807) is 12.1 Å². The second kappa shape index (κ2) is 10.1. The number of anilines is 1. The van der Waals surface area contributed by atoms with Crippen molar-refractivity contribution in [3.8, 4) is 6.07 Å². The van der Waals surface area contributed by atoms with Crippen LogP contribution in [0.1, 0.15) is 16.9 Å². The number of amides is 2. The topological polar surface area (TPSA) is 86.3 Å². The van der Waals surface area contributed by atoms with Crippen LogP contribution in [0.15, 0.2) is 86.4 Å². The number of halogens is 1. The van der Waals surface area contributed by atoms with Gasteiger partial charge in [0, 0.05) is 10.2 Å². The number of thioether (sulfide) groups is 1. The fraction of sp³-hybridized carbons (Fsp3) is 0.160. The van der Waals surface area contributed by atoms with Crippen LogP contribution in [0.2, 0.25) is 0 Å². The standard InChI is InChI=1S/C25H20BrN3O3S/c1-16-7-9-19(10-8-16)29-24(31)22(13-17-4-2-5-18(26)12-17)33-25(29)21(14-27)23(30)28-15-20-6-3-11-32-20/h2-12,22H,13,15H2,1H3,(H,28,30)/b25-21-. The highest BCUT2D eigenvalue weighted by Gasteiger charge is 2.40. The molecule has 1 aromatic heterocycles. The molecule has 1 aliphatic rings. The van der Waals surface area contributed by atoms with Crippen molar-refractivity contribution in [3.63, 3.8) is 0 Å². The highest BCUT2D eigenvalue weighted by atomic mass is 79.9. The number of nitrogens with one attached hydrogen (secondary N) is 1. The summed E-state index contributed by atoms with van der Waals surface area (Å²) in [6.07, 6.45) is 1.99. The molecule has 2 aromatic carbocycles. The Balaban J connectivity index is 1.68. The lowest BCUT2D eigenvalue weighted by atomic mass is 10.1. The molecule has 8 heteroatoms. The maximum atomic E-state index is 13.5. The van der Waals surface area contributed by atoms with Crippen molar-refractivity contribution in [2.24, 2.45) is 0 Å². The van der Waals surface area contributed by atoms with Crippen molar-refractivity contribution in [2.75, 3.05) is 4.90 Å². The first kappa shape index (κ1) is 22.9. The Morgan fingerprint density at radius 2 is 2.00 bits per heavy atom. The molecule has 0 spiro atoms. The number of benzene rings is 2. The van der Waals surface area contributed by atoms with Gasteiger partial charge in [-0.05, 0) is 55.3 Å². The number of aryl methyl sites for hydroxylation is 1. The SMILES string of the molecule is Cc1ccc(N2C(=O)C(Cc3cccc(Br)c3)S/C2=C(/C#N)C(=O)NCc2ccco2)cc1. The monoisotopic (exact) mass is 521 g/mol. The van der Waals surface area contributed by atoms with Gasteiger partial charge >= 0.3 is 0 Å². The summed E-state index contributed by atoms with van der Waals surface area (Å²) in [6, 6.07) is 20.7.